The van der Waals surface area contributed by atoms with Crippen LogP contribution in [-0.2, 0) is 17.8 Å². The molecule has 5 heteroatoms. The van der Waals surface area contributed by atoms with Gasteiger partial charge in [0.15, 0.2) is 0 Å². The highest BCUT2D eigenvalue weighted by molar-refractivity contribution is 5.75. The number of carbonyl (C=O) groups is 1. The molecule has 0 saturated heterocycles. The normalized spacial score (nSPS) is 12.3. The van der Waals surface area contributed by atoms with E-state index in [0.717, 1.165) is 37.9 Å². The van der Waals surface area contributed by atoms with E-state index in [1.165, 1.54) is 0 Å². The van der Waals surface area contributed by atoms with Gasteiger partial charge >= 0.3 is 0 Å². The van der Waals surface area contributed by atoms with Crippen LogP contribution in [0.25, 0.3) is 0 Å². The fourth-order valence-corrected chi connectivity index (χ4v) is 2.27. The van der Waals surface area contributed by atoms with Crippen molar-refractivity contribution in [1.29, 1.82) is 0 Å². The number of nitrogens with two attached hydrogens (primary N) is 1. The number of rotatable bonds is 10. The third kappa shape index (κ3) is 6.19. The number of hydrogen-bond donors (Lipinski definition) is 2. The first-order valence-corrected chi connectivity index (χ1v) is 7.59. The second kappa shape index (κ2) is 9.53. The predicted molar refractivity (Wildman–Crippen MR) is 79.0 cm³/mol. The van der Waals surface area contributed by atoms with Crippen LogP contribution in [-0.4, -0.2) is 17.4 Å². The van der Waals surface area contributed by atoms with Crippen molar-refractivity contribution in [3.63, 3.8) is 0 Å². The Bertz CT molecular complexity index is 384. The van der Waals surface area contributed by atoms with Crippen molar-refractivity contribution in [3.8, 4) is 0 Å². The molecule has 0 aliphatic carbocycles. The fraction of sp³-hybridized carbons (Fsp3) is 0.733. The molecular formula is C15H27N3O2. The lowest BCUT2D eigenvalue weighted by Gasteiger charge is -2.14. The molecule has 5 nitrogen and oxygen atoms in total. The summed E-state index contributed by atoms with van der Waals surface area (Å²) in [5.41, 5.74) is 5.60. The van der Waals surface area contributed by atoms with Gasteiger partial charge in [-0.3, -0.25) is 4.79 Å². The molecule has 0 saturated carbocycles. The summed E-state index contributed by atoms with van der Waals surface area (Å²) < 4.78 is 5.44. The van der Waals surface area contributed by atoms with Crippen molar-refractivity contribution in [2.45, 2.75) is 58.9 Å². The Hall–Kier alpha value is -1.36. The Labute approximate surface area is 121 Å². The minimum atomic E-state index is 0.0550. The lowest BCUT2D eigenvalue weighted by Crippen LogP contribution is -2.23. The maximum absolute atomic E-state index is 11.8. The van der Waals surface area contributed by atoms with Gasteiger partial charge in [-0.25, -0.2) is 4.98 Å². The molecule has 1 aromatic rings. The minimum absolute atomic E-state index is 0.0550. The lowest BCUT2D eigenvalue weighted by atomic mass is 9.94. The zero-order valence-corrected chi connectivity index (χ0v) is 12.7. The van der Waals surface area contributed by atoms with Crippen molar-refractivity contribution in [1.82, 2.24) is 10.3 Å². The van der Waals surface area contributed by atoms with E-state index in [4.69, 9.17) is 10.2 Å². The van der Waals surface area contributed by atoms with Crippen LogP contribution in [0.1, 0.15) is 57.6 Å². The summed E-state index contributed by atoms with van der Waals surface area (Å²) >= 11 is 0. The third-order valence-electron chi connectivity index (χ3n) is 3.44. The molecule has 1 unspecified atom stereocenters. The van der Waals surface area contributed by atoms with Crippen LogP contribution in [0.15, 0.2) is 10.6 Å². The van der Waals surface area contributed by atoms with Gasteiger partial charge in [0.1, 0.15) is 5.76 Å². The van der Waals surface area contributed by atoms with Gasteiger partial charge in [-0.05, 0) is 25.3 Å². The first-order chi connectivity index (χ1) is 9.69. The highest BCUT2D eigenvalue weighted by atomic mass is 16.4. The second-order valence-corrected chi connectivity index (χ2v) is 5.12. The van der Waals surface area contributed by atoms with E-state index < -0.39 is 0 Å². The van der Waals surface area contributed by atoms with E-state index in [1.807, 2.05) is 6.92 Å². The van der Waals surface area contributed by atoms with Crippen LogP contribution >= 0.6 is 0 Å². The molecule has 0 spiro atoms. The molecule has 3 N–H and O–H groups in total. The molecule has 1 heterocycles. The Morgan fingerprint density at radius 3 is 2.80 bits per heavy atom. The maximum atomic E-state index is 11.8. The largest absolute Gasteiger partial charge is 0.444 e. The van der Waals surface area contributed by atoms with E-state index in [2.05, 4.69) is 17.2 Å². The zero-order chi connectivity index (χ0) is 14.8. The molecule has 0 bridgehead atoms. The number of oxazole rings is 1. The molecule has 1 rings (SSSR count). The predicted octanol–water partition coefficient (Wildman–Crippen LogP) is 2.40. The molecule has 1 aromatic heterocycles. The zero-order valence-electron chi connectivity index (χ0n) is 12.7. The molecule has 0 fully saturated rings. The standard InChI is InChI=1S/C15H27N3O2/c1-3-5-12(8-9-16)6-7-14(19)17-11-15-18-10-13(4-2)20-15/h10,12H,3-9,11,16H2,1-2H3,(H,17,19). The van der Waals surface area contributed by atoms with E-state index in [9.17, 15) is 4.79 Å². The van der Waals surface area contributed by atoms with Gasteiger partial charge in [0.2, 0.25) is 11.8 Å². The average molecular weight is 281 g/mol. The van der Waals surface area contributed by atoms with Crippen LogP contribution in [0, 0.1) is 5.92 Å². The molecule has 1 amide bonds. The first kappa shape index (κ1) is 16.7. The number of nitrogens with one attached hydrogen (secondary N) is 1. The average Bonchev–Trinajstić information content (AvgIpc) is 2.91. The van der Waals surface area contributed by atoms with Crippen molar-refractivity contribution in [2.24, 2.45) is 11.7 Å². The van der Waals surface area contributed by atoms with Crippen molar-refractivity contribution in [2.75, 3.05) is 6.54 Å². The van der Waals surface area contributed by atoms with Crippen molar-refractivity contribution < 1.29 is 9.21 Å². The van der Waals surface area contributed by atoms with Gasteiger partial charge in [0, 0.05) is 12.8 Å². The molecule has 0 aromatic carbocycles. The van der Waals surface area contributed by atoms with Gasteiger partial charge in [0.05, 0.1) is 12.7 Å². The van der Waals surface area contributed by atoms with Crippen molar-refractivity contribution >= 4 is 5.91 Å². The summed E-state index contributed by atoms with van der Waals surface area (Å²) in [6, 6.07) is 0. The summed E-state index contributed by atoms with van der Waals surface area (Å²) in [4.78, 5) is 15.9. The quantitative estimate of drug-likeness (QED) is 0.690. The van der Waals surface area contributed by atoms with Crippen LogP contribution < -0.4 is 11.1 Å². The Morgan fingerprint density at radius 1 is 1.40 bits per heavy atom. The number of aromatic nitrogens is 1. The fourth-order valence-electron chi connectivity index (χ4n) is 2.27. The third-order valence-corrected chi connectivity index (χ3v) is 3.44. The van der Waals surface area contributed by atoms with E-state index in [-0.39, 0.29) is 5.91 Å². The van der Waals surface area contributed by atoms with Crippen LogP contribution in [0.4, 0.5) is 0 Å². The molecular weight excluding hydrogens is 254 g/mol. The van der Waals surface area contributed by atoms with Gasteiger partial charge < -0.3 is 15.5 Å². The number of nitrogens with zero attached hydrogens (tertiary/aromatic N) is 1. The topological polar surface area (TPSA) is 81.2 Å². The molecule has 0 aliphatic rings. The van der Waals surface area contributed by atoms with Gasteiger partial charge in [-0.15, -0.1) is 0 Å². The van der Waals surface area contributed by atoms with E-state index >= 15 is 0 Å². The van der Waals surface area contributed by atoms with Crippen LogP contribution in [0.2, 0.25) is 0 Å². The smallest absolute Gasteiger partial charge is 0.220 e. The lowest BCUT2D eigenvalue weighted by molar-refractivity contribution is -0.121. The second-order valence-electron chi connectivity index (χ2n) is 5.12. The van der Waals surface area contributed by atoms with E-state index in [1.54, 1.807) is 6.20 Å². The highest BCUT2D eigenvalue weighted by Gasteiger charge is 2.11. The number of carbonyl (C=O) groups excluding carboxylic acids is 1. The van der Waals surface area contributed by atoms with Gasteiger partial charge in [-0.2, -0.15) is 0 Å². The SMILES string of the molecule is CCCC(CCN)CCC(=O)NCc1ncc(CC)o1. The molecule has 114 valence electrons. The number of aryl methyl sites for hydroxylation is 1. The Balaban J connectivity index is 2.25. The van der Waals surface area contributed by atoms with Crippen LogP contribution in [0.5, 0.6) is 0 Å². The van der Waals surface area contributed by atoms with Crippen molar-refractivity contribution in [3.05, 3.63) is 17.8 Å². The summed E-state index contributed by atoms with van der Waals surface area (Å²) in [6.45, 7) is 5.24. The Kier molecular flexibility index (Phi) is 7.95. The number of hydrogen-bond acceptors (Lipinski definition) is 4. The highest BCUT2D eigenvalue weighted by Crippen LogP contribution is 2.16. The van der Waals surface area contributed by atoms with Crippen LogP contribution in [0.3, 0.4) is 0 Å². The number of amides is 1. The Morgan fingerprint density at radius 2 is 2.20 bits per heavy atom. The summed E-state index contributed by atoms with van der Waals surface area (Å²) in [6.07, 6.45) is 7.26. The summed E-state index contributed by atoms with van der Waals surface area (Å²) in [5.74, 6) is 2.03. The summed E-state index contributed by atoms with van der Waals surface area (Å²) in [7, 11) is 0. The molecule has 0 radical (unpaired) electrons. The van der Waals surface area contributed by atoms with Gasteiger partial charge in [0.25, 0.3) is 0 Å². The summed E-state index contributed by atoms with van der Waals surface area (Å²) in [5, 5.41) is 2.85. The molecule has 0 aliphatic heterocycles. The maximum Gasteiger partial charge on any atom is 0.220 e. The monoisotopic (exact) mass is 281 g/mol. The first-order valence-electron chi connectivity index (χ1n) is 7.59. The molecule has 1 atom stereocenters. The van der Waals surface area contributed by atoms with E-state index in [0.29, 0.717) is 31.3 Å². The molecule has 20 heavy (non-hydrogen) atoms. The minimum Gasteiger partial charge on any atom is -0.444 e. The van der Waals surface area contributed by atoms with Gasteiger partial charge in [-0.1, -0.05) is 26.7 Å².